The van der Waals surface area contributed by atoms with E-state index in [2.05, 4.69) is 5.32 Å². The number of benzene rings is 1. The molecule has 1 heterocycles. The van der Waals surface area contributed by atoms with Gasteiger partial charge in [0.05, 0.1) is 12.2 Å². The van der Waals surface area contributed by atoms with Crippen molar-refractivity contribution < 1.29 is 9.84 Å². The highest BCUT2D eigenvalue weighted by molar-refractivity contribution is 7.99. The van der Waals surface area contributed by atoms with Gasteiger partial charge in [0.1, 0.15) is 5.75 Å². The van der Waals surface area contributed by atoms with Crippen molar-refractivity contribution in [3.63, 3.8) is 0 Å². The summed E-state index contributed by atoms with van der Waals surface area (Å²) in [5, 5.41) is 13.7. The molecule has 1 unspecified atom stereocenters. The van der Waals surface area contributed by atoms with E-state index >= 15 is 0 Å². The van der Waals surface area contributed by atoms with E-state index in [9.17, 15) is 5.11 Å². The average molecular weight is 295 g/mol. The molecule has 1 atom stereocenters. The molecule has 0 aliphatic carbocycles. The second kappa shape index (κ2) is 7.91. The van der Waals surface area contributed by atoms with Crippen LogP contribution in [-0.2, 0) is 0 Å². The maximum Gasteiger partial charge on any atom is 0.119 e. The van der Waals surface area contributed by atoms with Crippen molar-refractivity contribution in [1.82, 2.24) is 5.32 Å². The van der Waals surface area contributed by atoms with Gasteiger partial charge in [-0.25, -0.2) is 0 Å². The molecule has 1 aromatic carbocycles. The second-order valence-electron chi connectivity index (χ2n) is 5.55. The molecule has 2 N–H and O–H groups in total. The average Bonchev–Trinajstić information content (AvgIpc) is 2.46. The molecule has 0 amide bonds. The summed E-state index contributed by atoms with van der Waals surface area (Å²) < 4.78 is 5.60. The van der Waals surface area contributed by atoms with Crippen LogP contribution in [0.15, 0.2) is 24.3 Å². The van der Waals surface area contributed by atoms with Gasteiger partial charge in [-0.2, -0.15) is 11.8 Å². The lowest BCUT2D eigenvalue weighted by Crippen LogP contribution is -2.35. The summed E-state index contributed by atoms with van der Waals surface area (Å²) >= 11 is 2.02. The van der Waals surface area contributed by atoms with Crippen LogP contribution in [0.5, 0.6) is 5.75 Å². The summed E-state index contributed by atoms with van der Waals surface area (Å²) in [6.07, 6.45) is 2.14. The van der Waals surface area contributed by atoms with Gasteiger partial charge in [-0.05, 0) is 55.9 Å². The van der Waals surface area contributed by atoms with Crippen molar-refractivity contribution in [3.8, 4) is 5.75 Å². The summed E-state index contributed by atoms with van der Waals surface area (Å²) in [5.41, 5.74) is 0.943. The Morgan fingerprint density at radius 2 is 1.90 bits per heavy atom. The predicted molar refractivity (Wildman–Crippen MR) is 85.5 cm³/mol. The third-order valence-corrected chi connectivity index (χ3v) is 4.51. The second-order valence-corrected chi connectivity index (χ2v) is 6.77. The summed E-state index contributed by atoms with van der Waals surface area (Å²) in [6.45, 7) is 4.64. The zero-order chi connectivity index (χ0) is 14.4. The predicted octanol–water partition coefficient (Wildman–Crippen LogP) is 2.99. The number of aliphatic hydroxyl groups is 1. The van der Waals surface area contributed by atoms with Crippen molar-refractivity contribution in [2.75, 3.05) is 18.1 Å². The fourth-order valence-corrected chi connectivity index (χ4v) is 3.45. The minimum absolute atomic E-state index is 0.177. The normalized spacial score (nSPS) is 18.2. The van der Waals surface area contributed by atoms with Gasteiger partial charge in [0.25, 0.3) is 0 Å². The molecule has 20 heavy (non-hydrogen) atoms. The van der Waals surface area contributed by atoms with E-state index in [4.69, 9.17) is 4.74 Å². The number of aliphatic hydroxyl groups excluding tert-OH is 1. The van der Waals surface area contributed by atoms with E-state index in [-0.39, 0.29) is 6.10 Å². The standard InChI is InChI=1S/C16H25NO2S/c1-12(2)19-15-5-3-13(4-6-15)16(18)11-17-14-7-9-20-10-8-14/h3-6,12,14,16-18H,7-11H2,1-2H3. The first kappa shape index (κ1) is 15.7. The highest BCUT2D eigenvalue weighted by Gasteiger charge is 2.15. The van der Waals surface area contributed by atoms with E-state index in [1.54, 1.807) is 0 Å². The smallest absolute Gasteiger partial charge is 0.119 e. The van der Waals surface area contributed by atoms with Crippen LogP contribution in [0.1, 0.15) is 38.4 Å². The molecule has 112 valence electrons. The fraction of sp³-hybridized carbons (Fsp3) is 0.625. The largest absolute Gasteiger partial charge is 0.491 e. The van der Waals surface area contributed by atoms with Crippen molar-refractivity contribution in [2.24, 2.45) is 0 Å². The van der Waals surface area contributed by atoms with Gasteiger partial charge >= 0.3 is 0 Å². The highest BCUT2D eigenvalue weighted by Crippen LogP contribution is 2.20. The quantitative estimate of drug-likeness (QED) is 0.846. The molecule has 2 rings (SSSR count). The Hall–Kier alpha value is -0.710. The fourth-order valence-electron chi connectivity index (χ4n) is 2.34. The lowest BCUT2D eigenvalue weighted by molar-refractivity contribution is 0.168. The minimum Gasteiger partial charge on any atom is -0.491 e. The summed E-state index contributed by atoms with van der Waals surface area (Å²) in [6, 6.07) is 8.31. The zero-order valence-corrected chi connectivity index (χ0v) is 13.2. The van der Waals surface area contributed by atoms with Crippen LogP contribution in [-0.4, -0.2) is 35.3 Å². The maximum absolute atomic E-state index is 10.2. The molecule has 1 aliphatic rings. The van der Waals surface area contributed by atoms with E-state index < -0.39 is 6.10 Å². The van der Waals surface area contributed by atoms with Crippen molar-refractivity contribution >= 4 is 11.8 Å². The Morgan fingerprint density at radius 1 is 1.25 bits per heavy atom. The van der Waals surface area contributed by atoms with E-state index in [0.29, 0.717) is 12.6 Å². The molecule has 1 aliphatic heterocycles. The first-order valence-corrected chi connectivity index (χ1v) is 8.56. The van der Waals surface area contributed by atoms with E-state index in [1.165, 1.54) is 24.3 Å². The van der Waals surface area contributed by atoms with Crippen LogP contribution < -0.4 is 10.1 Å². The van der Waals surface area contributed by atoms with Crippen LogP contribution in [0, 0.1) is 0 Å². The van der Waals surface area contributed by atoms with Crippen LogP contribution in [0.25, 0.3) is 0 Å². The number of ether oxygens (including phenoxy) is 1. The lowest BCUT2D eigenvalue weighted by atomic mass is 10.1. The van der Waals surface area contributed by atoms with Crippen LogP contribution in [0.2, 0.25) is 0 Å². The van der Waals surface area contributed by atoms with Gasteiger partial charge in [-0.1, -0.05) is 12.1 Å². The van der Waals surface area contributed by atoms with Gasteiger partial charge in [0.2, 0.25) is 0 Å². The first-order valence-electron chi connectivity index (χ1n) is 7.41. The molecular formula is C16H25NO2S. The molecule has 0 saturated carbocycles. The first-order chi connectivity index (χ1) is 9.65. The summed E-state index contributed by atoms with van der Waals surface area (Å²) in [5.74, 6) is 3.32. The molecule has 1 saturated heterocycles. The Labute approximate surface area is 126 Å². The number of hydrogen-bond donors (Lipinski definition) is 2. The van der Waals surface area contributed by atoms with Gasteiger partial charge < -0.3 is 15.2 Å². The molecule has 0 bridgehead atoms. The molecule has 3 nitrogen and oxygen atoms in total. The summed E-state index contributed by atoms with van der Waals surface area (Å²) in [4.78, 5) is 0. The molecule has 4 heteroatoms. The van der Waals surface area contributed by atoms with Crippen LogP contribution in [0.4, 0.5) is 0 Å². The molecular weight excluding hydrogens is 270 g/mol. The van der Waals surface area contributed by atoms with Gasteiger partial charge in [-0.15, -0.1) is 0 Å². The number of hydrogen-bond acceptors (Lipinski definition) is 4. The Balaban J connectivity index is 1.80. The highest BCUT2D eigenvalue weighted by atomic mass is 32.2. The molecule has 0 aromatic heterocycles. The minimum atomic E-state index is -0.447. The van der Waals surface area contributed by atoms with E-state index in [0.717, 1.165) is 11.3 Å². The van der Waals surface area contributed by atoms with E-state index in [1.807, 2.05) is 49.9 Å². The van der Waals surface area contributed by atoms with Crippen molar-refractivity contribution in [3.05, 3.63) is 29.8 Å². The Morgan fingerprint density at radius 3 is 2.50 bits per heavy atom. The number of thioether (sulfide) groups is 1. The topological polar surface area (TPSA) is 41.5 Å². The zero-order valence-electron chi connectivity index (χ0n) is 12.3. The van der Waals surface area contributed by atoms with Gasteiger partial charge in [-0.3, -0.25) is 0 Å². The third kappa shape index (κ3) is 5.00. The maximum atomic E-state index is 10.2. The number of rotatable bonds is 6. The molecule has 0 spiro atoms. The van der Waals surface area contributed by atoms with Crippen molar-refractivity contribution in [2.45, 2.75) is 44.9 Å². The SMILES string of the molecule is CC(C)Oc1ccc(C(O)CNC2CCSCC2)cc1. The Kier molecular flexibility index (Phi) is 6.20. The molecule has 1 aromatic rings. The Bertz CT molecular complexity index is 388. The monoisotopic (exact) mass is 295 g/mol. The lowest BCUT2D eigenvalue weighted by Gasteiger charge is -2.24. The van der Waals surface area contributed by atoms with Crippen LogP contribution >= 0.6 is 11.8 Å². The van der Waals surface area contributed by atoms with Crippen molar-refractivity contribution in [1.29, 1.82) is 0 Å². The van der Waals surface area contributed by atoms with Gasteiger partial charge in [0, 0.05) is 12.6 Å². The number of nitrogens with one attached hydrogen (secondary N) is 1. The molecule has 1 fully saturated rings. The third-order valence-electron chi connectivity index (χ3n) is 3.46. The van der Waals surface area contributed by atoms with Gasteiger partial charge in [0.15, 0.2) is 0 Å². The van der Waals surface area contributed by atoms with Crippen LogP contribution in [0.3, 0.4) is 0 Å². The summed E-state index contributed by atoms with van der Waals surface area (Å²) in [7, 11) is 0. The molecule has 0 radical (unpaired) electrons.